The van der Waals surface area contributed by atoms with Crippen LogP contribution in [-0.2, 0) is 21.2 Å². The van der Waals surface area contributed by atoms with E-state index in [4.69, 9.17) is 18.9 Å². The van der Waals surface area contributed by atoms with Crippen LogP contribution >= 0.6 is 0 Å². The number of carbonyl (C=O) groups is 1. The van der Waals surface area contributed by atoms with Crippen LogP contribution in [0, 0.1) is 0 Å². The summed E-state index contributed by atoms with van der Waals surface area (Å²) >= 11 is 0. The molecule has 10 heteroatoms. The largest absolute Gasteiger partial charge is 0.497 e. The smallest absolute Gasteiger partial charge is 0.240 e. The molecule has 0 aliphatic rings. The Bertz CT molecular complexity index is 1010. The van der Waals surface area contributed by atoms with Crippen LogP contribution in [0.1, 0.15) is 5.56 Å². The molecule has 1 N–H and O–H groups in total. The molecular weight excluding hydrogens is 424 g/mol. The fourth-order valence-corrected chi connectivity index (χ4v) is 3.79. The molecule has 2 aromatic rings. The number of sulfonamides is 1. The number of benzene rings is 2. The molecule has 2 aromatic carbocycles. The van der Waals surface area contributed by atoms with E-state index in [2.05, 4.69) is 5.32 Å². The molecule has 0 spiro atoms. The summed E-state index contributed by atoms with van der Waals surface area (Å²) in [7, 11) is 2.25. The highest BCUT2D eigenvalue weighted by atomic mass is 32.2. The predicted molar refractivity (Wildman–Crippen MR) is 118 cm³/mol. The molecule has 170 valence electrons. The van der Waals surface area contributed by atoms with Gasteiger partial charge in [0.05, 0.1) is 40.4 Å². The van der Waals surface area contributed by atoms with Crippen molar-refractivity contribution in [1.29, 1.82) is 0 Å². The van der Waals surface area contributed by atoms with Gasteiger partial charge in [-0.25, -0.2) is 8.42 Å². The van der Waals surface area contributed by atoms with Crippen molar-refractivity contribution >= 4 is 21.6 Å². The summed E-state index contributed by atoms with van der Waals surface area (Å²) in [6.07, 6.45) is 1.57. The van der Waals surface area contributed by atoms with E-state index in [1.165, 1.54) is 20.3 Å². The fraction of sp³-hybridized carbons (Fsp3) is 0.381. The van der Waals surface area contributed by atoms with Gasteiger partial charge in [0.1, 0.15) is 18.0 Å². The van der Waals surface area contributed by atoms with Gasteiger partial charge in [-0.2, -0.15) is 0 Å². The van der Waals surface area contributed by atoms with Gasteiger partial charge in [-0.15, -0.1) is 0 Å². The maximum absolute atomic E-state index is 12.5. The van der Waals surface area contributed by atoms with Gasteiger partial charge in [0, 0.05) is 12.6 Å². The highest BCUT2D eigenvalue weighted by Crippen LogP contribution is 2.33. The molecule has 0 atom stereocenters. The van der Waals surface area contributed by atoms with Gasteiger partial charge in [-0.3, -0.25) is 9.10 Å². The number of ether oxygens (including phenoxy) is 4. The maximum Gasteiger partial charge on any atom is 0.240 e. The van der Waals surface area contributed by atoms with Gasteiger partial charge in [0.2, 0.25) is 15.9 Å². The predicted octanol–water partition coefficient (Wildman–Crippen LogP) is 1.85. The fourth-order valence-electron chi connectivity index (χ4n) is 2.94. The molecule has 0 saturated heterocycles. The van der Waals surface area contributed by atoms with Crippen LogP contribution in [0.5, 0.6) is 23.0 Å². The number of amides is 1. The second kappa shape index (κ2) is 10.8. The molecule has 2 rings (SSSR count). The molecule has 1 amide bonds. The minimum Gasteiger partial charge on any atom is -0.497 e. The third kappa shape index (κ3) is 6.42. The van der Waals surface area contributed by atoms with Crippen LogP contribution in [0.3, 0.4) is 0 Å². The number of carbonyl (C=O) groups excluding carboxylic acids is 1. The summed E-state index contributed by atoms with van der Waals surface area (Å²) in [5.41, 5.74) is 1.16. The normalized spacial score (nSPS) is 10.9. The number of anilines is 1. The molecular formula is C21H28N2O7S. The first-order valence-electron chi connectivity index (χ1n) is 9.40. The molecule has 0 aromatic heterocycles. The molecule has 0 bridgehead atoms. The Hall–Kier alpha value is -3.14. The quantitative estimate of drug-likeness (QED) is 0.555. The summed E-state index contributed by atoms with van der Waals surface area (Å²) in [5, 5.41) is 2.75. The number of nitrogens with one attached hydrogen (secondary N) is 1. The Morgan fingerprint density at radius 1 is 0.903 bits per heavy atom. The standard InChI is InChI=1S/C21H28N2O7S/c1-27-16-7-9-18(28-2)17(13-16)23(31(5,25)26)14-21(24)22-11-10-15-6-8-19(29-3)20(12-15)30-4/h6-9,12-13H,10-11,14H2,1-5H3,(H,22,24). The van der Waals surface area contributed by atoms with Crippen LogP contribution in [0.4, 0.5) is 5.69 Å². The van der Waals surface area contributed by atoms with Gasteiger partial charge in [0.15, 0.2) is 11.5 Å². The zero-order valence-electron chi connectivity index (χ0n) is 18.3. The highest BCUT2D eigenvalue weighted by molar-refractivity contribution is 7.92. The average molecular weight is 453 g/mol. The van der Waals surface area contributed by atoms with E-state index >= 15 is 0 Å². The van der Waals surface area contributed by atoms with Gasteiger partial charge in [-0.05, 0) is 36.2 Å². The number of rotatable bonds is 11. The minimum absolute atomic E-state index is 0.222. The molecule has 0 heterocycles. The zero-order valence-corrected chi connectivity index (χ0v) is 19.1. The van der Waals surface area contributed by atoms with E-state index in [0.717, 1.165) is 16.1 Å². The third-order valence-corrected chi connectivity index (χ3v) is 5.65. The van der Waals surface area contributed by atoms with Crippen molar-refractivity contribution in [2.24, 2.45) is 0 Å². The van der Waals surface area contributed by atoms with E-state index in [1.807, 2.05) is 12.1 Å². The molecule has 31 heavy (non-hydrogen) atoms. The van der Waals surface area contributed by atoms with Gasteiger partial charge in [0.25, 0.3) is 0 Å². The Morgan fingerprint density at radius 2 is 1.55 bits per heavy atom. The average Bonchev–Trinajstić information content (AvgIpc) is 2.76. The molecule has 0 fully saturated rings. The van der Waals surface area contributed by atoms with Crippen LogP contribution in [0.2, 0.25) is 0 Å². The Balaban J connectivity index is 2.09. The lowest BCUT2D eigenvalue weighted by molar-refractivity contribution is -0.119. The van der Waals surface area contributed by atoms with E-state index in [-0.39, 0.29) is 5.69 Å². The van der Waals surface area contributed by atoms with Crippen molar-refractivity contribution < 1.29 is 32.2 Å². The van der Waals surface area contributed by atoms with Crippen LogP contribution < -0.4 is 28.6 Å². The van der Waals surface area contributed by atoms with E-state index in [9.17, 15) is 13.2 Å². The van der Waals surface area contributed by atoms with Crippen molar-refractivity contribution in [1.82, 2.24) is 5.32 Å². The summed E-state index contributed by atoms with van der Waals surface area (Å²) in [4.78, 5) is 12.5. The van der Waals surface area contributed by atoms with Crippen molar-refractivity contribution in [2.75, 3.05) is 52.1 Å². The zero-order chi connectivity index (χ0) is 23.0. The molecule has 0 aliphatic heterocycles. The topological polar surface area (TPSA) is 103 Å². The van der Waals surface area contributed by atoms with Gasteiger partial charge in [-0.1, -0.05) is 6.07 Å². The summed E-state index contributed by atoms with van der Waals surface area (Å²) in [6.45, 7) is -0.0739. The van der Waals surface area contributed by atoms with E-state index in [1.54, 1.807) is 32.4 Å². The first kappa shape index (κ1) is 24.1. The van der Waals surface area contributed by atoms with Crippen molar-refractivity contribution in [2.45, 2.75) is 6.42 Å². The number of nitrogens with zero attached hydrogens (tertiary/aromatic N) is 1. The molecule has 9 nitrogen and oxygen atoms in total. The first-order chi connectivity index (χ1) is 14.7. The van der Waals surface area contributed by atoms with Gasteiger partial charge < -0.3 is 24.3 Å². The lowest BCUT2D eigenvalue weighted by Gasteiger charge is -2.24. The van der Waals surface area contributed by atoms with E-state index < -0.39 is 22.5 Å². The lowest BCUT2D eigenvalue weighted by atomic mass is 10.1. The number of methoxy groups -OCH3 is 4. The van der Waals surface area contributed by atoms with Crippen molar-refractivity contribution in [3.05, 3.63) is 42.0 Å². The second-order valence-corrected chi connectivity index (χ2v) is 8.50. The maximum atomic E-state index is 12.5. The molecule has 0 aliphatic carbocycles. The lowest BCUT2D eigenvalue weighted by Crippen LogP contribution is -2.41. The van der Waals surface area contributed by atoms with Crippen molar-refractivity contribution in [3.63, 3.8) is 0 Å². The Labute approximate surface area is 182 Å². The Morgan fingerprint density at radius 3 is 2.13 bits per heavy atom. The number of hydrogen-bond acceptors (Lipinski definition) is 7. The summed E-state index contributed by atoms with van der Waals surface area (Å²) < 4.78 is 46.7. The van der Waals surface area contributed by atoms with Gasteiger partial charge >= 0.3 is 0 Å². The second-order valence-electron chi connectivity index (χ2n) is 6.60. The minimum atomic E-state index is -3.76. The Kier molecular flexibility index (Phi) is 8.38. The number of hydrogen-bond donors (Lipinski definition) is 1. The van der Waals surface area contributed by atoms with Crippen molar-refractivity contribution in [3.8, 4) is 23.0 Å². The third-order valence-electron chi connectivity index (χ3n) is 4.53. The summed E-state index contributed by atoms with van der Waals surface area (Å²) in [6, 6.07) is 10.2. The van der Waals surface area contributed by atoms with Crippen LogP contribution in [0.25, 0.3) is 0 Å². The highest BCUT2D eigenvalue weighted by Gasteiger charge is 2.24. The molecule has 0 saturated carbocycles. The van der Waals surface area contributed by atoms with Crippen LogP contribution in [-0.4, -0.2) is 62.1 Å². The summed E-state index contributed by atoms with van der Waals surface area (Å²) in [5.74, 6) is 1.52. The van der Waals surface area contributed by atoms with Crippen LogP contribution in [0.15, 0.2) is 36.4 Å². The SMILES string of the molecule is COc1ccc(OC)c(N(CC(=O)NCCc2ccc(OC)c(OC)c2)S(C)(=O)=O)c1. The first-order valence-corrected chi connectivity index (χ1v) is 11.3. The van der Waals surface area contributed by atoms with E-state index in [0.29, 0.717) is 36.0 Å². The monoisotopic (exact) mass is 452 g/mol. The molecule has 0 unspecified atom stereocenters. The molecule has 0 radical (unpaired) electrons.